The highest BCUT2D eigenvalue weighted by Crippen LogP contribution is 2.32. The highest BCUT2D eigenvalue weighted by Gasteiger charge is 2.31. The molecule has 0 aliphatic carbocycles. The topological polar surface area (TPSA) is 86.8 Å². The number of aromatic carboxylic acids is 1. The van der Waals surface area contributed by atoms with E-state index in [9.17, 15) is 19.4 Å². The summed E-state index contributed by atoms with van der Waals surface area (Å²) in [6, 6.07) is 2.55. The SMILES string of the molecule is CC1(O)CCCN(c2ccc(F)c(N)c2C(=O)O)C1. The standard InChI is InChI=1S/C13H17FN2O3/c1-13(19)5-2-6-16(7-13)9-4-3-8(14)11(15)10(9)12(17)18/h3-4,19H,2,5-7,15H2,1H3,(H,17,18). The van der Waals surface area contributed by atoms with Crippen LogP contribution in [0.3, 0.4) is 0 Å². The maximum atomic E-state index is 13.4. The molecule has 1 atom stereocenters. The average Bonchev–Trinajstić information content (AvgIpc) is 2.30. The minimum absolute atomic E-state index is 0.238. The Morgan fingerprint density at radius 3 is 2.79 bits per heavy atom. The Morgan fingerprint density at radius 1 is 1.53 bits per heavy atom. The lowest BCUT2D eigenvalue weighted by atomic mass is 9.94. The summed E-state index contributed by atoms with van der Waals surface area (Å²) in [5, 5.41) is 19.3. The Labute approximate surface area is 110 Å². The van der Waals surface area contributed by atoms with Gasteiger partial charge in [0, 0.05) is 13.1 Å². The van der Waals surface area contributed by atoms with E-state index in [0.29, 0.717) is 25.2 Å². The van der Waals surface area contributed by atoms with Crippen LogP contribution in [0.1, 0.15) is 30.1 Å². The second kappa shape index (κ2) is 4.70. The number of piperidine rings is 1. The fourth-order valence-electron chi connectivity index (χ4n) is 2.50. The van der Waals surface area contributed by atoms with Crippen LogP contribution in [0.2, 0.25) is 0 Å². The number of carboxylic acid groups (broad SMARTS) is 1. The Morgan fingerprint density at radius 2 is 2.21 bits per heavy atom. The number of anilines is 2. The molecule has 0 radical (unpaired) electrons. The summed E-state index contributed by atoms with van der Waals surface area (Å²) < 4.78 is 13.4. The van der Waals surface area contributed by atoms with Crippen LogP contribution in [0.5, 0.6) is 0 Å². The fourth-order valence-corrected chi connectivity index (χ4v) is 2.50. The summed E-state index contributed by atoms with van der Waals surface area (Å²) in [4.78, 5) is 13.0. The number of halogens is 1. The summed E-state index contributed by atoms with van der Waals surface area (Å²) in [5.41, 5.74) is 4.39. The first kappa shape index (κ1) is 13.6. The first-order valence-corrected chi connectivity index (χ1v) is 6.10. The minimum Gasteiger partial charge on any atom is -0.478 e. The molecule has 1 heterocycles. The van der Waals surface area contributed by atoms with Crippen molar-refractivity contribution in [3.63, 3.8) is 0 Å². The number of nitrogens with zero attached hydrogens (tertiary/aromatic N) is 1. The highest BCUT2D eigenvalue weighted by atomic mass is 19.1. The third-order valence-corrected chi connectivity index (χ3v) is 3.40. The Hall–Kier alpha value is -1.82. The largest absolute Gasteiger partial charge is 0.478 e. The van der Waals surface area contributed by atoms with Gasteiger partial charge in [0.2, 0.25) is 0 Å². The molecule has 1 saturated heterocycles. The monoisotopic (exact) mass is 268 g/mol. The van der Waals surface area contributed by atoms with Crippen molar-refractivity contribution >= 4 is 17.3 Å². The van der Waals surface area contributed by atoms with Gasteiger partial charge in [0.15, 0.2) is 0 Å². The second-order valence-electron chi connectivity index (χ2n) is 5.18. The number of nitrogens with two attached hydrogens (primary N) is 1. The van der Waals surface area contributed by atoms with Gasteiger partial charge < -0.3 is 20.8 Å². The lowest BCUT2D eigenvalue weighted by Crippen LogP contribution is -2.46. The molecule has 1 aliphatic rings. The first-order chi connectivity index (χ1) is 8.82. The lowest BCUT2D eigenvalue weighted by molar-refractivity contribution is 0.0446. The summed E-state index contributed by atoms with van der Waals surface area (Å²) >= 11 is 0. The molecule has 6 heteroatoms. The third kappa shape index (κ3) is 2.63. The molecule has 0 bridgehead atoms. The van der Waals surface area contributed by atoms with Gasteiger partial charge in [-0.3, -0.25) is 0 Å². The quantitative estimate of drug-likeness (QED) is 0.707. The number of nitrogen functional groups attached to an aromatic ring is 1. The Balaban J connectivity index is 2.45. The molecule has 0 spiro atoms. The van der Waals surface area contributed by atoms with Gasteiger partial charge in [-0.05, 0) is 31.9 Å². The summed E-state index contributed by atoms with van der Waals surface area (Å²) in [6.45, 7) is 2.62. The number of carbonyl (C=O) groups is 1. The number of hydrogen-bond acceptors (Lipinski definition) is 4. The summed E-state index contributed by atoms with van der Waals surface area (Å²) in [7, 11) is 0. The van der Waals surface area contributed by atoms with Gasteiger partial charge in [0.05, 0.1) is 17.0 Å². The molecule has 4 N–H and O–H groups in total. The van der Waals surface area contributed by atoms with Gasteiger partial charge in [-0.1, -0.05) is 0 Å². The zero-order valence-electron chi connectivity index (χ0n) is 10.7. The molecule has 5 nitrogen and oxygen atoms in total. The number of carboxylic acids is 1. The van der Waals surface area contributed by atoms with E-state index < -0.39 is 17.4 Å². The Bertz CT molecular complexity index is 517. The lowest BCUT2D eigenvalue weighted by Gasteiger charge is -2.38. The normalized spacial score (nSPS) is 23.4. The number of aliphatic hydroxyl groups is 1. The van der Waals surface area contributed by atoms with Crippen LogP contribution in [0.15, 0.2) is 12.1 Å². The smallest absolute Gasteiger partial charge is 0.340 e. The summed E-state index contributed by atoms with van der Waals surface area (Å²) in [6.07, 6.45) is 1.39. The second-order valence-corrected chi connectivity index (χ2v) is 5.18. The minimum atomic E-state index is -1.27. The molecule has 1 aromatic carbocycles. The van der Waals surface area contributed by atoms with Gasteiger partial charge in [0.25, 0.3) is 0 Å². The van der Waals surface area contributed by atoms with Crippen LogP contribution in [0, 0.1) is 5.82 Å². The molecule has 19 heavy (non-hydrogen) atoms. The Kier molecular flexibility index (Phi) is 3.36. The molecule has 2 rings (SSSR count). The number of rotatable bonds is 2. The third-order valence-electron chi connectivity index (χ3n) is 3.40. The maximum absolute atomic E-state index is 13.4. The van der Waals surface area contributed by atoms with Crippen LogP contribution >= 0.6 is 0 Å². The van der Waals surface area contributed by atoms with Crippen molar-refractivity contribution < 1.29 is 19.4 Å². The van der Waals surface area contributed by atoms with E-state index in [1.165, 1.54) is 6.07 Å². The number of β-amino-alcohol motifs (C(OH)–C–C–N with tert-alkyl or cyclic N) is 1. The zero-order chi connectivity index (χ0) is 14.2. The van der Waals surface area contributed by atoms with Gasteiger partial charge >= 0.3 is 5.97 Å². The van der Waals surface area contributed by atoms with E-state index in [-0.39, 0.29) is 11.3 Å². The molecule has 0 aromatic heterocycles. The van der Waals surface area contributed by atoms with Crippen LogP contribution in [0.4, 0.5) is 15.8 Å². The first-order valence-electron chi connectivity index (χ1n) is 6.10. The average molecular weight is 268 g/mol. The van der Waals surface area contributed by atoms with Crippen molar-refractivity contribution in [3.05, 3.63) is 23.5 Å². The molecule has 0 amide bonds. The molecule has 104 valence electrons. The number of benzene rings is 1. The van der Waals surface area contributed by atoms with Crippen molar-refractivity contribution in [3.8, 4) is 0 Å². The summed E-state index contributed by atoms with van der Waals surface area (Å²) in [5.74, 6) is -2.01. The van der Waals surface area contributed by atoms with Crippen LogP contribution in [-0.4, -0.2) is 34.9 Å². The molecule has 1 aliphatic heterocycles. The van der Waals surface area contributed by atoms with Crippen molar-refractivity contribution in [1.29, 1.82) is 0 Å². The van der Waals surface area contributed by atoms with Gasteiger partial charge in [-0.2, -0.15) is 0 Å². The molecule has 1 unspecified atom stereocenters. The molecule has 0 saturated carbocycles. The van der Waals surface area contributed by atoms with Gasteiger partial charge in [0.1, 0.15) is 11.4 Å². The molecule has 1 fully saturated rings. The van der Waals surface area contributed by atoms with E-state index in [4.69, 9.17) is 5.73 Å². The molecular weight excluding hydrogens is 251 g/mol. The van der Waals surface area contributed by atoms with Crippen molar-refractivity contribution in [2.45, 2.75) is 25.4 Å². The molecular formula is C13H17FN2O3. The van der Waals surface area contributed by atoms with Gasteiger partial charge in [-0.25, -0.2) is 9.18 Å². The zero-order valence-corrected chi connectivity index (χ0v) is 10.7. The van der Waals surface area contributed by atoms with Crippen LogP contribution in [0.25, 0.3) is 0 Å². The number of hydrogen-bond donors (Lipinski definition) is 3. The van der Waals surface area contributed by atoms with Crippen LogP contribution < -0.4 is 10.6 Å². The maximum Gasteiger partial charge on any atom is 0.340 e. The van der Waals surface area contributed by atoms with Crippen molar-refractivity contribution in [2.24, 2.45) is 0 Å². The molecule has 1 aromatic rings. The van der Waals surface area contributed by atoms with E-state index in [0.717, 1.165) is 12.5 Å². The van der Waals surface area contributed by atoms with Crippen LogP contribution in [-0.2, 0) is 0 Å². The fraction of sp³-hybridized carbons (Fsp3) is 0.462. The van der Waals surface area contributed by atoms with Crippen molar-refractivity contribution in [2.75, 3.05) is 23.7 Å². The predicted octanol–water partition coefficient (Wildman–Crippen LogP) is 1.46. The highest BCUT2D eigenvalue weighted by molar-refractivity contribution is 6.00. The van der Waals surface area contributed by atoms with Gasteiger partial charge in [-0.15, -0.1) is 0 Å². The van der Waals surface area contributed by atoms with E-state index in [2.05, 4.69) is 0 Å². The van der Waals surface area contributed by atoms with E-state index >= 15 is 0 Å². The predicted molar refractivity (Wildman–Crippen MR) is 69.8 cm³/mol. The van der Waals surface area contributed by atoms with E-state index in [1.54, 1.807) is 11.8 Å². The van der Waals surface area contributed by atoms with Crippen molar-refractivity contribution in [1.82, 2.24) is 0 Å². The van der Waals surface area contributed by atoms with E-state index in [1.807, 2.05) is 0 Å².